The van der Waals surface area contributed by atoms with Crippen molar-refractivity contribution in [2.75, 3.05) is 137 Å². The van der Waals surface area contributed by atoms with Crippen LogP contribution in [0.15, 0.2) is 95.4 Å². The molecular weight excluding hydrogens is 1170 g/mol. The number of unbranched alkanes of at least 4 members (excludes halogenated alkanes) is 1. The monoisotopic (exact) mass is 1250 g/mol. The molecule has 27 nitrogen and oxygen atoms in total. The Hall–Kier alpha value is -8.13. The Kier molecular flexibility index (Phi) is 33.9. The number of carbonyl (C=O) groups excluding carboxylic acids is 4. The van der Waals surface area contributed by atoms with Gasteiger partial charge in [0.25, 0.3) is 0 Å². The number of aromatic nitrogens is 2. The van der Waals surface area contributed by atoms with Gasteiger partial charge in [-0.05, 0) is 141 Å². The van der Waals surface area contributed by atoms with Crippen LogP contribution in [-0.2, 0) is 89.4 Å². The van der Waals surface area contributed by atoms with E-state index in [0.29, 0.717) is 156 Å². The topological polar surface area (TPSA) is 331 Å². The fourth-order valence-corrected chi connectivity index (χ4v) is 9.48. The van der Waals surface area contributed by atoms with E-state index in [-0.39, 0.29) is 37.7 Å². The minimum Gasteiger partial charge on any atom is -0.494 e. The van der Waals surface area contributed by atoms with Gasteiger partial charge in [-0.1, -0.05) is 34.5 Å². The molecule has 0 spiro atoms. The van der Waals surface area contributed by atoms with Crippen LogP contribution in [0.5, 0.6) is 11.5 Å². The first-order valence-electron chi connectivity index (χ1n) is 30.3. The van der Waals surface area contributed by atoms with Gasteiger partial charge in [-0.2, -0.15) is 0 Å². The summed E-state index contributed by atoms with van der Waals surface area (Å²) in [6.45, 7) is 12.9. The van der Waals surface area contributed by atoms with Crippen LogP contribution < -0.4 is 14.4 Å². The Bertz CT molecular complexity index is 2890. The van der Waals surface area contributed by atoms with E-state index in [2.05, 4.69) is 30.0 Å². The maximum atomic E-state index is 13.5. The predicted molar refractivity (Wildman–Crippen MR) is 331 cm³/mol. The van der Waals surface area contributed by atoms with Gasteiger partial charge in [0.2, 0.25) is 11.8 Å². The Balaban J connectivity index is 0.000000332. The number of hydrogen-bond donors (Lipinski definition) is 1. The van der Waals surface area contributed by atoms with Crippen LogP contribution in [0.4, 0.5) is 10.6 Å². The number of anilines is 1. The molecule has 90 heavy (non-hydrogen) atoms. The molecule has 27 heteroatoms. The molecule has 4 aromatic rings. The molecule has 2 aromatic heterocycles. The Morgan fingerprint density at radius 3 is 1.57 bits per heavy atom. The van der Waals surface area contributed by atoms with Crippen molar-refractivity contribution < 1.29 is 76.4 Å². The van der Waals surface area contributed by atoms with Crippen LogP contribution in [-0.4, -0.2) is 193 Å². The number of fused-ring (bicyclic) bond motifs is 2. The largest absolute Gasteiger partial charge is 0.494 e. The number of ether oxygens (including phenoxy) is 10. The average molecular weight is 1250 g/mol. The standard InChI is InChI=1S/C34H48N6O9.C29H39N5O7/c1-34(2,3)49-33(43)40(30-8-5-6-11-36-30)13-7-15-48-29-10-9-26-22-27(24-31(41)44-4)32(42)39(25-28(26)23-29)14-17-46-19-21-47-20-18-45-16-12-37-38-35;30-33-32-10-13-38-15-17-40-18-16-39-14-11-34-22-25-20-27(41-12-4-2-6-26-5-1-3-9-31-26)8-7-23(25)19-24(29(34)37)21-28(35)36/h5-6,8-11,23,27H,7,12-22,24-25H2,1-4H3;1,3,5,7-9,20,24H,2,4,6,10-19,21-22H2,(H,35,36)/t27-;24-/m00/s1. The van der Waals surface area contributed by atoms with Gasteiger partial charge in [0, 0.05) is 73.7 Å². The number of carboxylic acid groups (broad SMARTS) is 1. The van der Waals surface area contributed by atoms with E-state index in [1.54, 1.807) is 34.3 Å². The van der Waals surface area contributed by atoms with Gasteiger partial charge >= 0.3 is 18.0 Å². The smallest absolute Gasteiger partial charge is 0.416 e. The highest BCUT2D eigenvalue weighted by molar-refractivity contribution is 5.87. The zero-order chi connectivity index (χ0) is 64.6. The maximum Gasteiger partial charge on any atom is 0.416 e. The number of benzene rings is 2. The number of nitrogens with zero attached hydrogens (tertiary/aromatic N) is 11. The van der Waals surface area contributed by atoms with E-state index < -0.39 is 35.5 Å². The highest BCUT2D eigenvalue weighted by Gasteiger charge is 2.33. The van der Waals surface area contributed by atoms with Gasteiger partial charge in [0.15, 0.2) is 0 Å². The molecule has 0 bridgehead atoms. The summed E-state index contributed by atoms with van der Waals surface area (Å²) in [6, 6.07) is 22.8. The third-order valence-electron chi connectivity index (χ3n) is 13.8. The van der Waals surface area contributed by atoms with E-state index in [4.69, 9.17) is 58.4 Å². The molecule has 4 heterocycles. The summed E-state index contributed by atoms with van der Waals surface area (Å²) in [5.74, 6) is -1.08. The number of aryl methyl sites for hydroxylation is 1. The molecule has 3 amide bonds. The molecule has 0 radical (unpaired) electrons. The summed E-state index contributed by atoms with van der Waals surface area (Å²) in [5.41, 5.74) is 20.7. The molecule has 1 N–H and O–H groups in total. The number of amides is 3. The van der Waals surface area contributed by atoms with E-state index >= 15 is 0 Å². The summed E-state index contributed by atoms with van der Waals surface area (Å²) in [6.07, 6.45) is 6.76. The first-order chi connectivity index (χ1) is 43.7. The lowest BCUT2D eigenvalue weighted by molar-refractivity contribution is -0.147. The highest BCUT2D eigenvalue weighted by Crippen LogP contribution is 2.30. The van der Waals surface area contributed by atoms with E-state index in [0.717, 1.165) is 53.0 Å². The third kappa shape index (κ3) is 28.6. The van der Waals surface area contributed by atoms with Crippen LogP contribution >= 0.6 is 0 Å². The molecule has 0 unspecified atom stereocenters. The van der Waals surface area contributed by atoms with Crippen molar-refractivity contribution in [1.29, 1.82) is 0 Å². The Morgan fingerprint density at radius 2 is 1.10 bits per heavy atom. The lowest BCUT2D eigenvalue weighted by Gasteiger charge is -2.26. The fraction of sp³-hybridized carbons (Fsp3) is 0.571. The number of methoxy groups -OCH3 is 1. The Morgan fingerprint density at radius 1 is 0.611 bits per heavy atom. The highest BCUT2D eigenvalue weighted by atomic mass is 16.6. The number of rotatable bonds is 40. The van der Waals surface area contributed by atoms with Crippen LogP contribution in [0, 0.1) is 11.8 Å². The number of carbonyl (C=O) groups is 5. The van der Waals surface area contributed by atoms with Crippen molar-refractivity contribution in [2.45, 2.75) is 90.8 Å². The lowest BCUT2D eigenvalue weighted by Crippen LogP contribution is -2.38. The van der Waals surface area contributed by atoms with Crippen molar-refractivity contribution in [3.05, 3.63) is 134 Å². The molecule has 0 fully saturated rings. The average Bonchev–Trinajstić information content (AvgIpc) is 2.65. The quantitative estimate of drug-likeness (QED) is 0.0143. The molecule has 2 atom stereocenters. The molecule has 2 aliphatic rings. The molecule has 0 saturated carbocycles. The lowest BCUT2D eigenvalue weighted by atomic mass is 9.94. The second-order valence-electron chi connectivity index (χ2n) is 21.8. The van der Waals surface area contributed by atoms with Gasteiger partial charge in [0.05, 0.1) is 124 Å². The summed E-state index contributed by atoms with van der Waals surface area (Å²) in [4.78, 5) is 82.2. The van der Waals surface area contributed by atoms with Crippen molar-refractivity contribution in [2.24, 2.45) is 22.1 Å². The fourth-order valence-electron chi connectivity index (χ4n) is 9.48. The second-order valence-corrected chi connectivity index (χ2v) is 21.8. The van der Waals surface area contributed by atoms with Crippen LogP contribution in [0.25, 0.3) is 20.9 Å². The van der Waals surface area contributed by atoms with E-state index in [9.17, 15) is 29.1 Å². The molecular formula is C63H87N11O16. The zero-order valence-electron chi connectivity index (χ0n) is 52.2. The van der Waals surface area contributed by atoms with Gasteiger partial charge in [-0.15, -0.1) is 0 Å². The predicted octanol–water partition coefficient (Wildman–Crippen LogP) is 8.54. The number of carboxylic acids is 1. The van der Waals surface area contributed by atoms with Crippen molar-refractivity contribution in [3.8, 4) is 11.5 Å². The van der Waals surface area contributed by atoms with E-state index in [1.165, 1.54) is 12.0 Å². The molecule has 0 aliphatic carbocycles. The molecule has 490 valence electrons. The maximum absolute atomic E-state index is 13.5. The molecule has 6 rings (SSSR count). The second kappa shape index (κ2) is 42.0. The van der Waals surface area contributed by atoms with Gasteiger partial charge < -0.3 is 62.3 Å². The molecule has 2 aromatic carbocycles. The number of aliphatic carboxylic acids is 1. The first-order valence-corrected chi connectivity index (χ1v) is 30.3. The normalized spacial score (nSPS) is 14.5. The summed E-state index contributed by atoms with van der Waals surface area (Å²) in [7, 11) is 1.31. The first kappa shape index (κ1) is 72.6. The van der Waals surface area contributed by atoms with Crippen molar-refractivity contribution in [1.82, 2.24) is 19.8 Å². The zero-order valence-corrected chi connectivity index (χ0v) is 52.2. The molecule has 2 aliphatic heterocycles. The minimum atomic E-state index is -0.993. The number of azide groups is 2. The number of hydrogen-bond acceptors (Lipinski definition) is 19. The summed E-state index contributed by atoms with van der Waals surface area (Å²) < 4.78 is 55.4. The van der Waals surface area contributed by atoms with Gasteiger partial charge in [-0.25, -0.2) is 9.78 Å². The van der Waals surface area contributed by atoms with Gasteiger partial charge in [-0.3, -0.25) is 29.1 Å². The number of esters is 1. The number of pyridine rings is 2. The van der Waals surface area contributed by atoms with Crippen LogP contribution in [0.3, 0.4) is 0 Å². The summed E-state index contributed by atoms with van der Waals surface area (Å²) >= 11 is 0. The summed E-state index contributed by atoms with van der Waals surface area (Å²) in [5, 5.41) is 16.2. The van der Waals surface area contributed by atoms with Gasteiger partial charge in [0.1, 0.15) is 22.9 Å². The minimum absolute atomic E-state index is 0.0203. The SMILES string of the molecule is COC(=O)C[C@@H]1Cc2ccc(OCCCN(C(=O)OC(C)(C)C)c3ccccn3)cc2CN(CCOCCOCCOCCN=[N+]=[N-])C1=O.[N-]=[N+]=NCCOCCOCCOCCN1Cc2cc(OCCCCc3ccccn3)ccc2C[C@@H](CC(=O)O)C1=O. The Labute approximate surface area is 525 Å². The van der Waals surface area contributed by atoms with Crippen molar-refractivity contribution >= 4 is 35.7 Å². The van der Waals surface area contributed by atoms with Crippen LogP contribution in [0.2, 0.25) is 0 Å². The van der Waals surface area contributed by atoms with Crippen molar-refractivity contribution in [3.63, 3.8) is 0 Å². The van der Waals surface area contributed by atoms with E-state index in [1.807, 2.05) is 81.4 Å². The third-order valence-corrected chi connectivity index (χ3v) is 13.8. The van der Waals surface area contributed by atoms with Crippen LogP contribution in [0.1, 0.15) is 80.8 Å². The molecule has 0 saturated heterocycles.